The molecule has 0 amide bonds. The smallest absolute Gasteiger partial charge is 0.125 e. The molecule has 0 aliphatic heterocycles. The highest BCUT2D eigenvalue weighted by molar-refractivity contribution is 5.58. The third kappa shape index (κ3) is 3.13. The Labute approximate surface area is 160 Å². The Morgan fingerprint density at radius 3 is 1.56 bits per heavy atom. The molecule has 0 atom stereocenters. The van der Waals surface area contributed by atoms with Gasteiger partial charge >= 0.3 is 0 Å². The summed E-state index contributed by atoms with van der Waals surface area (Å²) in [6.45, 7) is 4.56. The molecule has 1 heterocycles. The third-order valence-electron chi connectivity index (χ3n) is 4.86. The van der Waals surface area contributed by atoms with Crippen molar-refractivity contribution in [3.8, 4) is 0 Å². The third-order valence-corrected chi connectivity index (χ3v) is 4.86. The number of anilines is 1. The van der Waals surface area contributed by atoms with E-state index in [-0.39, 0.29) is 0 Å². The van der Waals surface area contributed by atoms with Gasteiger partial charge in [-0.25, -0.2) is 4.68 Å². The molecule has 1 aromatic heterocycles. The first-order valence-electron chi connectivity index (χ1n) is 9.10. The normalized spacial score (nSPS) is 11.3. The fourth-order valence-electron chi connectivity index (χ4n) is 3.59. The van der Waals surface area contributed by atoms with Crippen LogP contribution in [0.4, 0.5) is 5.82 Å². The highest BCUT2D eigenvalue weighted by Gasteiger charge is 2.36. The lowest BCUT2D eigenvalue weighted by molar-refractivity contribution is 0.656. The number of hydrogen-bond acceptors (Lipinski definition) is 2. The van der Waals surface area contributed by atoms with E-state index in [2.05, 4.69) is 90.1 Å². The van der Waals surface area contributed by atoms with E-state index in [0.717, 1.165) is 5.82 Å². The first-order valence-corrected chi connectivity index (χ1v) is 9.10. The first kappa shape index (κ1) is 17.1. The maximum atomic E-state index is 4.39. The van der Waals surface area contributed by atoms with Crippen LogP contribution in [0.15, 0.2) is 103 Å². The van der Waals surface area contributed by atoms with Gasteiger partial charge in [0.1, 0.15) is 11.4 Å². The number of benzene rings is 3. The molecule has 3 nitrogen and oxygen atoms in total. The second kappa shape index (κ2) is 7.50. The number of hydrogen-bond donors (Lipinski definition) is 1. The molecule has 133 valence electrons. The molecule has 0 spiro atoms. The van der Waals surface area contributed by atoms with E-state index in [1.807, 2.05) is 28.9 Å². The zero-order chi connectivity index (χ0) is 18.5. The van der Waals surface area contributed by atoms with Crippen LogP contribution in [0.5, 0.6) is 0 Å². The molecule has 0 fully saturated rings. The van der Waals surface area contributed by atoms with Crippen LogP contribution in [-0.2, 0) is 12.1 Å². The first-order chi connectivity index (χ1) is 13.3. The van der Waals surface area contributed by atoms with Gasteiger partial charge in [-0.1, -0.05) is 91.0 Å². The van der Waals surface area contributed by atoms with Crippen molar-refractivity contribution in [2.75, 3.05) is 5.32 Å². The fourth-order valence-corrected chi connectivity index (χ4v) is 3.59. The molecule has 0 aliphatic carbocycles. The van der Waals surface area contributed by atoms with Crippen LogP contribution in [0.1, 0.15) is 16.7 Å². The van der Waals surface area contributed by atoms with Gasteiger partial charge in [-0.2, -0.15) is 5.10 Å². The van der Waals surface area contributed by atoms with Gasteiger partial charge in [-0.3, -0.25) is 0 Å². The Morgan fingerprint density at radius 2 is 1.15 bits per heavy atom. The van der Waals surface area contributed by atoms with Gasteiger partial charge in [-0.05, 0) is 23.6 Å². The average Bonchev–Trinajstić information content (AvgIpc) is 3.21. The van der Waals surface area contributed by atoms with E-state index in [4.69, 9.17) is 0 Å². The maximum Gasteiger partial charge on any atom is 0.125 e. The number of nitrogens with zero attached hydrogens (tertiary/aromatic N) is 2. The van der Waals surface area contributed by atoms with Crippen LogP contribution in [0.3, 0.4) is 0 Å². The summed E-state index contributed by atoms with van der Waals surface area (Å²) in [5.41, 5.74) is 2.95. The van der Waals surface area contributed by atoms with Gasteiger partial charge in [0.2, 0.25) is 0 Å². The summed E-state index contributed by atoms with van der Waals surface area (Å²) < 4.78 is 1.88. The van der Waals surface area contributed by atoms with Gasteiger partial charge in [0, 0.05) is 12.6 Å². The molecule has 0 saturated heterocycles. The standard InChI is InChI=1S/C24H22N3/c1-2-27-23(18-19-25-27)26-24(20-12-6-3-7-13-20,21-14-8-4-9-15-21)22-16-10-5-11-17-22/h3-19,26H,1-2H2. The Balaban J connectivity index is 2.00. The largest absolute Gasteiger partial charge is 0.353 e. The lowest BCUT2D eigenvalue weighted by Crippen LogP contribution is -2.38. The second-order valence-electron chi connectivity index (χ2n) is 6.41. The Bertz CT molecular complexity index is 879. The topological polar surface area (TPSA) is 29.9 Å². The van der Waals surface area contributed by atoms with Crippen LogP contribution in [0, 0.1) is 6.92 Å². The molecule has 0 unspecified atom stereocenters. The summed E-state index contributed by atoms with van der Waals surface area (Å²) in [6, 6.07) is 33.6. The quantitative estimate of drug-likeness (QED) is 0.488. The molecule has 0 bridgehead atoms. The maximum absolute atomic E-state index is 4.39. The molecule has 4 aromatic rings. The molecule has 3 aromatic carbocycles. The summed E-state index contributed by atoms with van der Waals surface area (Å²) in [5.74, 6) is 0.932. The minimum atomic E-state index is -0.545. The lowest BCUT2D eigenvalue weighted by Gasteiger charge is -2.37. The van der Waals surface area contributed by atoms with Crippen LogP contribution < -0.4 is 5.32 Å². The molecule has 27 heavy (non-hydrogen) atoms. The Kier molecular flexibility index (Phi) is 4.75. The van der Waals surface area contributed by atoms with Crippen LogP contribution in [0.2, 0.25) is 0 Å². The van der Waals surface area contributed by atoms with Crippen molar-refractivity contribution in [3.05, 3.63) is 127 Å². The summed E-state index contributed by atoms with van der Waals surface area (Å²) in [4.78, 5) is 0. The molecule has 1 N–H and O–H groups in total. The van der Waals surface area contributed by atoms with Gasteiger partial charge in [-0.15, -0.1) is 0 Å². The highest BCUT2D eigenvalue weighted by atomic mass is 15.3. The van der Waals surface area contributed by atoms with E-state index >= 15 is 0 Å². The van der Waals surface area contributed by atoms with Crippen molar-refractivity contribution in [2.45, 2.75) is 12.1 Å². The second-order valence-corrected chi connectivity index (χ2v) is 6.41. The lowest BCUT2D eigenvalue weighted by atomic mass is 9.77. The summed E-state index contributed by atoms with van der Waals surface area (Å²) in [5, 5.41) is 8.19. The molecule has 1 radical (unpaired) electrons. The molecule has 4 rings (SSSR count). The fraction of sp³-hybridized carbons (Fsp3) is 0.0833. The van der Waals surface area contributed by atoms with Crippen LogP contribution in [-0.4, -0.2) is 9.78 Å². The van der Waals surface area contributed by atoms with Gasteiger partial charge < -0.3 is 5.32 Å². The zero-order valence-corrected chi connectivity index (χ0v) is 15.1. The minimum absolute atomic E-state index is 0.545. The molecule has 0 saturated carbocycles. The summed E-state index contributed by atoms with van der Waals surface area (Å²) in [7, 11) is 0. The van der Waals surface area contributed by atoms with Crippen LogP contribution >= 0.6 is 0 Å². The molecular formula is C24H22N3. The average molecular weight is 352 g/mol. The predicted molar refractivity (Wildman–Crippen MR) is 110 cm³/mol. The van der Waals surface area contributed by atoms with Crippen molar-refractivity contribution in [3.63, 3.8) is 0 Å². The molecule has 3 heteroatoms. The summed E-state index contributed by atoms with van der Waals surface area (Å²) >= 11 is 0. The van der Waals surface area contributed by atoms with Crippen molar-refractivity contribution >= 4 is 5.82 Å². The number of nitrogens with one attached hydrogen (secondary N) is 1. The van der Waals surface area contributed by atoms with Gasteiger partial charge in [0.05, 0.1) is 6.20 Å². The Morgan fingerprint density at radius 1 is 0.704 bits per heavy atom. The van der Waals surface area contributed by atoms with Crippen molar-refractivity contribution in [2.24, 2.45) is 0 Å². The van der Waals surface area contributed by atoms with Gasteiger partial charge in [0.25, 0.3) is 0 Å². The van der Waals surface area contributed by atoms with E-state index in [0.29, 0.717) is 6.54 Å². The van der Waals surface area contributed by atoms with E-state index in [1.54, 1.807) is 6.20 Å². The van der Waals surface area contributed by atoms with Crippen molar-refractivity contribution in [1.29, 1.82) is 0 Å². The predicted octanol–water partition coefficient (Wildman–Crippen LogP) is 5.12. The molecule has 0 aliphatic rings. The number of rotatable bonds is 6. The van der Waals surface area contributed by atoms with Crippen LogP contribution in [0.25, 0.3) is 0 Å². The van der Waals surface area contributed by atoms with Crippen molar-refractivity contribution < 1.29 is 0 Å². The highest BCUT2D eigenvalue weighted by Crippen LogP contribution is 2.39. The van der Waals surface area contributed by atoms with E-state index < -0.39 is 5.54 Å². The molecular weight excluding hydrogens is 330 g/mol. The zero-order valence-electron chi connectivity index (χ0n) is 15.1. The van der Waals surface area contributed by atoms with E-state index in [1.165, 1.54) is 16.7 Å². The number of aromatic nitrogens is 2. The summed E-state index contributed by atoms with van der Waals surface area (Å²) in [6.07, 6.45) is 1.80. The minimum Gasteiger partial charge on any atom is -0.353 e. The Hall–Kier alpha value is -3.33. The van der Waals surface area contributed by atoms with E-state index in [9.17, 15) is 0 Å². The monoisotopic (exact) mass is 352 g/mol. The van der Waals surface area contributed by atoms with Gasteiger partial charge in [0.15, 0.2) is 0 Å². The SMILES string of the molecule is [CH2]Cn1nccc1NC(c1ccccc1)(c1ccccc1)c1ccccc1. The van der Waals surface area contributed by atoms with Crippen molar-refractivity contribution in [1.82, 2.24) is 9.78 Å².